The average molecular weight is 396 g/mol. The van der Waals surface area contributed by atoms with E-state index in [4.69, 9.17) is 39.3 Å². The lowest BCUT2D eigenvalue weighted by Gasteiger charge is -2.23. The van der Waals surface area contributed by atoms with E-state index in [0.717, 1.165) is 22.3 Å². The molecule has 24 heavy (non-hydrogen) atoms. The van der Waals surface area contributed by atoms with Crippen molar-refractivity contribution in [3.8, 4) is 28.0 Å². The Morgan fingerprint density at radius 1 is 0.708 bits per heavy atom. The van der Waals surface area contributed by atoms with E-state index in [0.29, 0.717) is 26.1 Å². The summed E-state index contributed by atoms with van der Waals surface area (Å²) < 4.78 is 18.4. The third-order valence-corrected chi connectivity index (χ3v) is 5.84. The summed E-state index contributed by atoms with van der Waals surface area (Å²) in [5, 5.41) is 2.36. The van der Waals surface area contributed by atoms with Crippen LogP contribution in [0.25, 0.3) is 22.3 Å². The van der Waals surface area contributed by atoms with Crippen molar-refractivity contribution in [1.29, 1.82) is 0 Å². The van der Waals surface area contributed by atoms with Crippen molar-refractivity contribution >= 4 is 48.1 Å². The summed E-state index contributed by atoms with van der Waals surface area (Å²) in [6.07, 6.45) is 0. The second-order valence-electron chi connectivity index (χ2n) is 5.42. The van der Waals surface area contributed by atoms with E-state index < -0.39 is 8.03 Å². The number of hydrogen-bond donors (Lipinski definition) is 0. The number of fused-ring (bicyclic) bond motifs is 3. The van der Waals surface area contributed by atoms with Gasteiger partial charge in [0.1, 0.15) is 5.75 Å². The van der Waals surface area contributed by atoms with Crippen molar-refractivity contribution in [2.24, 2.45) is 0 Å². The first kappa shape index (κ1) is 16.1. The molecule has 1 heterocycles. The molecule has 0 bridgehead atoms. The zero-order valence-electron chi connectivity index (χ0n) is 12.1. The fourth-order valence-electron chi connectivity index (χ4n) is 2.82. The van der Waals surface area contributed by atoms with E-state index in [1.807, 2.05) is 24.3 Å². The van der Waals surface area contributed by atoms with Gasteiger partial charge in [0, 0.05) is 26.2 Å². The molecule has 3 aromatic carbocycles. The van der Waals surface area contributed by atoms with Gasteiger partial charge in [-0.3, -0.25) is 4.57 Å². The Kier molecular flexibility index (Phi) is 4.10. The second kappa shape index (κ2) is 6.13. The van der Waals surface area contributed by atoms with Gasteiger partial charge >= 0.3 is 0 Å². The monoisotopic (exact) mass is 394 g/mol. The maximum absolute atomic E-state index is 12.6. The molecule has 1 aliphatic heterocycles. The summed E-state index contributed by atoms with van der Waals surface area (Å²) in [6.45, 7) is 0. The molecule has 0 saturated carbocycles. The number of benzene rings is 3. The van der Waals surface area contributed by atoms with E-state index in [-0.39, 0.29) is 0 Å². The first-order chi connectivity index (χ1) is 11.5. The van der Waals surface area contributed by atoms with Gasteiger partial charge in [-0.1, -0.05) is 53.0 Å². The van der Waals surface area contributed by atoms with Crippen LogP contribution in [0.1, 0.15) is 0 Å². The van der Waals surface area contributed by atoms with Crippen LogP contribution in [0.2, 0.25) is 15.1 Å². The van der Waals surface area contributed by atoms with E-state index in [1.165, 1.54) is 0 Å². The van der Waals surface area contributed by atoms with Crippen LogP contribution in [-0.2, 0) is 4.57 Å². The van der Waals surface area contributed by atoms with Crippen LogP contribution in [0.5, 0.6) is 5.75 Å². The average Bonchev–Trinajstić information content (AvgIpc) is 2.56. The largest absolute Gasteiger partial charge is 0.440 e. The summed E-state index contributed by atoms with van der Waals surface area (Å²) in [5.41, 5.74) is 3.32. The van der Waals surface area contributed by atoms with Crippen LogP contribution in [0.4, 0.5) is 0 Å². The maximum atomic E-state index is 12.6. The fourth-order valence-corrected chi connectivity index (χ4v) is 4.65. The number of halogens is 3. The van der Waals surface area contributed by atoms with Gasteiger partial charge in [-0.2, -0.15) is 0 Å². The smallest absolute Gasteiger partial charge is 0.266 e. The third kappa shape index (κ3) is 2.74. The van der Waals surface area contributed by atoms with E-state index in [1.54, 1.807) is 30.3 Å². The van der Waals surface area contributed by atoms with Gasteiger partial charge in [0.15, 0.2) is 0 Å². The SMILES string of the molecule is O=[PH]1Oc2c(-c3ccc(Cl)cc3)cc(Cl)cc2-c2ccc(Cl)cc21. The van der Waals surface area contributed by atoms with Crippen LogP contribution < -0.4 is 9.83 Å². The van der Waals surface area contributed by atoms with Crippen molar-refractivity contribution in [2.45, 2.75) is 0 Å². The molecule has 2 nitrogen and oxygen atoms in total. The highest BCUT2D eigenvalue weighted by molar-refractivity contribution is 7.49. The lowest BCUT2D eigenvalue weighted by molar-refractivity contribution is 0.514. The van der Waals surface area contributed by atoms with Crippen LogP contribution in [-0.4, -0.2) is 0 Å². The summed E-state index contributed by atoms with van der Waals surface area (Å²) >= 11 is 18.3. The fraction of sp³-hybridized carbons (Fsp3) is 0. The zero-order chi connectivity index (χ0) is 16.8. The first-order valence-electron chi connectivity index (χ1n) is 7.14. The van der Waals surface area contributed by atoms with Crippen molar-refractivity contribution in [3.63, 3.8) is 0 Å². The Morgan fingerprint density at radius 3 is 2.12 bits per heavy atom. The summed E-state index contributed by atoms with van der Waals surface area (Å²) in [5.74, 6) is 0.570. The summed E-state index contributed by atoms with van der Waals surface area (Å²) in [4.78, 5) is 0. The molecule has 0 saturated heterocycles. The molecule has 1 unspecified atom stereocenters. The molecule has 0 fully saturated rings. The Morgan fingerprint density at radius 2 is 1.38 bits per heavy atom. The van der Waals surface area contributed by atoms with Crippen molar-refractivity contribution in [1.82, 2.24) is 0 Å². The number of rotatable bonds is 1. The van der Waals surface area contributed by atoms with E-state index >= 15 is 0 Å². The summed E-state index contributed by atoms with van der Waals surface area (Å²) in [6, 6.07) is 16.3. The first-order valence-corrected chi connectivity index (χ1v) is 9.59. The minimum absolute atomic E-state index is 0.527. The molecular weight excluding hydrogens is 386 g/mol. The predicted octanol–water partition coefficient (Wildman–Crippen LogP) is 6.47. The van der Waals surface area contributed by atoms with Gasteiger partial charge in [-0.05, 0) is 47.5 Å². The van der Waals surface area contributed by atoms with Crippen LogP contribution in [0.15, 0.2) is 54.6 Å². The van der Waals surface area contributed by atoms with E-state index in [9.17, 15) is 4.57 Å². The van der Waals surface area contributed by atoms with Crippen LogP contribution >= 0.6 is 42.8 Å². The molecular formula is C18H10Cl3O2P. The van der Waals surface area contributed by atoms with Crippen molar-refractivity contribution in [3.05, 3.63) is 69.7 Å². The van der Waals surface area contributed by atoms with E-state index in [2.05, 4.69) is 0 Å². The lowest BCUT2D eigenvalue weighted by Crippen LogP contribution is -2.11. The molecule has 0 spiro atoms. The standard InChI is InChI=1S/C18H10Cl3O2P/c19-11-3-1-10(2-4-11)15-7-13(21)8-16-14-6-5-12(20)9-17(14)24(22)23-18(15)16/h1-9,24H. The Bertz CT molecular complexity index is 967. The Hall–Kier alpha value is -1.44. The van der Waals surface area contributed by atoms with Gasteiger partial charge in [-0.15, -0.1) is 0 Å². The highest BCUT2D eigenvalue weighted by atomic mass is 35.5. The second-order valence-corrected chi connectivity index (χ2v) is 8.04. The lowest BCUT2D eigenvalue weighted by atomic mass is 9.97. The van der Waals surface area contributed by atoms with Crippen LogP contribution in [0, 0.1) is 0 Å². The highest BCUT2D eigenvalue weighted by Gasteiger charge is 2.26. The molecule has 0 aromatic heterocycles. The van der Waals surface area contributed by atoms with Gasteiger partial charge in [-0.25, -0.2) is 0 Å². The molecule has 3 aromatic rings. The molecule has 4 rings (SSSR count). The third-order valence-electron chi connectivity index (χ3n) is 3.90. The van der Waals surface area contributed by atoms with Gasteiger partial charge in [0.25, 0.3) is 8.03 Å². The molecule has 6 heteroatoms. The molecule has 0 radical (unpaired) electrons. The Labute approximate surface area is 154 Å². The topological polar surface area (TPSA) is 26.3 Å². The van der Waals surface area contributed by atoms with Crippen molar-refractivity contribution in [2.75, 3.05) is 0 Å². The van der Waals surface area contributed by atoms with Crippen LogP contribution in [0.3, 0.4) is 0 Å². The number of hydrogen-bond acceptors (Lipinski definition) is 2. The molecule has 0 N–H and O–H groups in total. The molecule has 0 aliphatic carbocycles. The normalized spacial score (nSPS) is 15.4. The molecule has 0 amide bonds. The highest BCUT2D eigenvalue weighted by Crippen LogP contribution is 2.49. The van der Waals surface area contributed by atoms with Gasteiger partial charge < -0.3 is 4.52 Å². The predicted molar refractivity (Wildman–Crippen MR) is 102 cm³/mol. The molecule has 1 atom stereocenters. The quantitative estimate of drug-likeness (QED) is 0.441. The zero-order valence-corrected chi connectivity index (χ0v) is 15.4. The Balaban J connectivity index is 2.00. The summed E-state index contributed by atoms with van der Waals surface area (Å²) in [7, 11) is -2.44. The maximum Gasteiger partial charge on any atom is 0.266 e. The van der Waals surface area contributed by atoms with Crippen molar-refractivity contribution < 1.29 is 9.09 Å². The molecule has 120 valence electrons. The van der Waals surface area contributed by atoms with Gasteiger partial charge in [0.2, 0.25) is 0 Å². The molecule has 1 aliphatic rings. The minimum Gasteiger partial charge on any atom is -0.440 e. The minimum atomic E-state index is -2.44. The van der Waals surface area contributed by atoms with Gasteiger partial charge in [0.05, 0.1) is 5.30 Å².